The first-order valence-corrected chi connectivity index (χ1v) is 6.45. The molecule has 1 heterocycles. The minimum atomic E-state index is 0.481. The quantitative estimate of drug-likeness (QED) is 0.460. The van der Waals surface area contributed by atoms with Gasteiger partial charge in [0.1, 0.15) is 5.15 Å². The molecule has 2 nitrogen and oxygen atoms in total. The maximum absolute atomic E-state index is 5.95. The van der Waals surface area contributed by atoms with E-state index < -0.39 is 0 Å². The lowest BCUT2D eigenvalue weighted by molar-refractivity contribution is 0.977. The van der Waals surface area contributed by atoms with E-state index in [9.17, 15) is 0 Å². The fourth-order valence-corrected chi connectivity index (χ4v) is 1.97. The first-order valence-electron chi connectivity index (χ1n) is 4.84. The summed E-state index contributed by atoms with van der Waals surface area (Å²) in [7, 11) is 0. The van der Waals surface area contributed by atoms with Crippen LogP contribution in [0.5, 0.6) is 0 Å². The van der Waals surface area contributed by atoms with Crippen LogP contribution < -0.4 is 0 Å². The SMILES string of the molecule is CSc1nc(Cl)cc(-c2ccc(C)cc2)n1. The fraction of sp³-hybridized carbons (Fsp3) is 0.167. The molecule has 0 aliphatic rings. The number of rotatable bonds is 2. The number of halogens is 1. The molecule has 0 amide bonds. The Morgan fingerprint density at radius 3 is 2.44 bits per heavy atom. The summed E-state index contributed by atoms with van der Waals surface area (Å²) < 4.78 is 0. The van der Waals surface area contributed by atoms with Crippen molar-refractivity contribution >= 4 is 23.4 Å². The number of hydrogen-bond donors (Lipinski definition) is 0. The van der Waals surface area contributed by atoms with Crippen LogP contribution >= 0.6 is 23.4 Å². The Balaban J connectivity index is 2.47. The molecule has 0 N–H and O–H groups in total. The Morgan fingerprint density at radius 2 is 1.81 bits per heavy atom. The van der Waals surface area contributed by atoms with Crippen LogP contribution in [0.4, 0.5) is 0 Å². The zero-order valence-corrected chi connectivity index (χ0v) is 10.6. The molecule has 0 radical (unpaired) electrons. The summed E-state index contributed by atoms with van der Waals surface area (Å²) in [6, 6.07) is 9.98. The van der Waals surface area contributed by atoms with E-state index in [1.807, 2.05) is 18.4 Å². The molecule has 0 saturated carbocycles. The van der Waals surface area contributed by atoms with Crippen LogP contribution in [0, 0.1) is 6.92 Å². The van der Waals surface area contributed by atoms with Crippen molar-refractivity contribution in [1.29, 1.82) is 0 Å². The second-order valence-corrected chi connectivity index (χ2v) is 4.59. The molecule has 2 aromatic rings. The van der Waals surface area contributed by atoms with Crippen molar-refractivity contribution < 1.29 is 0 Å². The molecule has 0 bridgehead atoms. The van der Waals surface area contributed by atoms with Crippen molar-refractivity contribution in [3.63, 3.8) is 0 Å². The Labute approximate surface area is 104 Å². The minimum Gasteiger partial charge on any atom is -0.222 e. The number of thioether (sulfide) groups is 1. The Hall–Kier alpha value is -1.06. The molecule has 1 aromatic carbocycles. The molecule has 0 atom stereocenters. The second-order valence-electron chi connectivity index (χ2n) is 3.43. The van der Waals surface area contributed by atoms with Gasteiger partial charge in [0, 0.05) is 11.6 Å². The third-order valence-corrected chi connectivity index (χ3v) is 2.95. The molecule has 0 aliphatic carbocycles. The Morgan fingerprint density at radius 1 is 1.12 bits per heavy atom. The van der Waals surface area contributed by atoms with Crippen LogP contribution in [-0.2, 0) is 0 Å². The highest BCUT2D eigenvalue weighted by Gasteiger charge is 2.04. The van der Waals surface area contributed by atoms with E-state index in [1.165, 1.54) is 17.3 Å². The van der Waals surface area contributed by atoms with Crippen molar-refractivity contribution in [2.75, 3.05) is 6.26 Å². The topological polar surface area (TPSA) is 25.8 Å². The summed E-state index contributed by atoms with van der Waals surface area (Å²) in [6.45, 7) is 2.06. The van der Waals surface area contributed by atoms with E-state index in [4.69, 9.17) is 11.6 Å². The first-order chi connectivity index (χ1) is 7.69. The molecule has 2 rings (SSSR count). The molecule has 82 valence electrons. The standard InChI is InChI=1S/C12H11ClN2S/c1-8-3-5-9(6-4-8)10-7-11(13)15-12(14-10)16-2/h3-7H,1-2H3. The van der Waals surface area contributed by atoms with Gasteiger partial charge >= 0.3 is 0 Å². The van der Waals surface area contributed by atoms with Crippen LogP contribution in [0.25, 0.3) is 11.3 Å². The average Bonchev–Trinajstić information content (AvgIpc) is 2.29. The number of hydrogen-bond acceptors (Lipinski definition) is 3. The lowest BCUT2D eigenvalue weighted by Crippen LogP contribution is -1.90. The third-order valence-electron chi connectivity index (χ3n) is 2.20. The number of benzene rings is 1. The van der Waals surface area contributed by atoms with Crippen LogP contribution in [0.2, 0.25) is 5.15 Å². The Kier molecular flexibility index (Phi) is 3.46. The molecule has 0 aliphatic heterocycles. The Bertz CT molecular complexity index is 497. The normalized spacial score (nSPS) is 10.4. The van der Waals surface area contributed by atoms with Gasteiger partial charge < -0.3 is 0 Å². The van der Waals surface area contributed by atoms with E-state index in [2.05, 4.69) is 29.0 Å². The summed E-state index contributed by atoms with van der Waals surface area (Å²) in [5.74, 6) is 0. The van der Waals surface area contributed by atoms with E-state index in [0.29, 0.717) is 10.3 Å². The summed E-state index contributed by atoms with van der Waals surface area (Å²) in [5, 5.41) is 1.18. The maximum Gasteiger partial charge on any atom is 0.189 e. The molecule has 0 spiro atoms. The van der Waals surface area contributed by atoms with Gasteiger partial charge in [0.2, 0.25) is 0 Å². The van der Waals surface area contributed by atoms with Crippen LogP contribution in [0.3, 0.4) is 0 Å². The zero-order chi connectivity index (χ0) is 11.5. The summed E-state index contributed by atoms with van der Waals surface area (Å²) >= 11 is 7.43. The van der Waals surface area contributed by atoms with Crippen molar-refractivity contribution in [2.45, 2.75) is 12.1 Å². The highest BCUT2D eigenvalue weighted by Crippen LogP contribution is 2.22. The summed E-state index contributed by atoms with van der Waals surface area (Å²) in [6.07, 6.45) is 1.94. The summed E-state index contributed by atoms with van der Waals surface area (Å²) in [5.41, 5.74) is 3.16. The molecular weight excluding hydrogens is 240 g/mol. The van der Waals surface area contributed by atoms with Gasteiger partial charge in [-0.15, -0.1) is 0 Å². The van der Waals surface area contributed by atoms with Crippen LogP contribution in [0.15, 0.2) is 35.5 Å². The second kappa shape index (κ2) is 4.85. The van der Waals surface area contributed by atoms with Crippen molar-refractivity contribution in [3.8, 4) is 11.3 Å². The molecule has 1 aromatic heterocycles. The lowest BCUT2D eigenvalue weighted by atomic mass is 10.1. The van der Waals surface area contributed by atoms with E-state index >= 15 is 0 Å². The fourth-order valence-electron chi connectivity index (χ4n) is 1.36. The van der Waals surface area contributed by atoms with E-state index in [0.717, 1.165) is 11.3 Å². The minimum absolute atomic E-state index is 0.481. The van der Waals surface area contributed by atoms with Gasteiger partial charge in [-0.1, -0.05) is 53.2 Å². The maximum atomic E-state index is 5.95. The van der Waals surface area contributed by atoms with E-state index in [1.54, 1.807) is 6.07 Å². The molecule has 0 fully saturated rings. The smallest absolute Gasteiger partial charge is 0.189 e. The monoisotopic (exact) mass is 250 g/mol. The first kappa shape index (κ1) is 11.4. The van der Waals surface area contributed by atoms with Gasteiger partial charge in [0.25, 0.3) is 0 Å². The lowest BCUT2D eigenvalue weighted by Gasteiger charge is -2.03. The van der Waals surface area contributed by atoms with Crippen LogP contribution in [-0.4, -0.2) is 16.2 Å². The molecular formula is C12H11ClN2S. The van der Waals surface area contributed by atoms with Gasteiger partial charge in [-0.05, 0) is 13.2 Å². The number of nitrogens with zero attached hydrogens (tertiary/aromatic N) is 2. The zero-order valence-electron chi connectivity index (χ0n) is 9.07. The van der Waals surface area contributed by atoms with Gasteiger partial charge in [0.05, 0.1) is 5.69 Å². The summed E-state index contributed by atoms with van der Waals surface area (Å²) in [4.78, 5) is 8.53. The largest absolute Gasteiger partial charge is 0.222 e. The molecule has 16 heavy (non-hydrogen) atoms. The number of aryl methyl sites for hydroxylation is 1. The highest BCUT2D eigenvalue weighted by atomic mass is 35.5. The van der Waals surface area contributed by atoms with Gasteiger partial charge in [0.15, 0.2) is 5.16 Å². The molecule has 0 saturated heterocycles. The van der Waals surface area contributed by atoms with Crippen molar-refractivity contribution in [1.82, 2.24) is 9.97 Å². The van der Waals surface area contributed by atoms with Crippen molar-refractivity contribution in [2.24, 2.45) is 0 Å². The van der Waals surface area contributed by atoms with Gasteiger partial charge in [-0.25, -0.2) is 9.97 Å². The van der Waals surface area contributed by atoms with Crippen molar-refractivity contribution in [3.05, 3.63) is 41.0 Å². The molecule has 0 unspecified atom stereocenters. The predicted molar refractivity (Wildman–Crippen MR) is 69.0 cm³/mol. The van der Waals surface area contributed by atoms with Crippen LogP contribution in [0.1, 0.15) is 5.56 Å². The van der Waals surface area contributed by atoms with E-state index in [-0.39, 0.29) is 0 Å². The molecule has 4 heteroatoms. The van der Waals surface area contributed by atoms with Gasteiger partial charge in [-0.3, -0.25) is 0 Å². The third kappa shape index (κ3) is 2.54. The predicted octanol–water partition coefficient (Wildman–Crippen LogP) is 3.83. The average molecular weight is 251 g/mol. The van der Waals surface area contributed by atoms with Gasteiger partial charge in [-0.2, -0.15) is 0 Å². The number of aromatic nitrogens is 2. The highest BCUT2D eigenvalue weighted by molar-refractivity contribution is 7.98.